The number of hydrogen-bond acceptors (Lipinski definition) is 4. The molecule has 20 heavy (non-hydrogen) atoms. The number of carboxylic acids is 1. The van der Waals surface area contributed by atoms with E-state index in [1.807, 2.05) is 11.9 Å². The van der Waals surface area contributed by atoms with Gasteiger partial charge in [-0.1, -0.05) is 0 Å². The summed E-state index contributed by atoms with van der Waals surface area (Å²) in [6.07, 6.45) is 0.381. The van der Waals surface area contributed by atoms with Gasteiger partial charge in [0.15, 0.2) is 0 Å². The lowest BCUT2D eigenvalue weighted by molar-refractivity contribution is -0.135. The Labute approximate surface area is 115 Å². The molecule has 0 aromatic heterocycles. The summed E-state index contributed by atoms with van der Waals surface area (Å²) in [5.74, 6) is -1.71. The van der Waals surface area contributed by atoms with Crippen molar-refractivity contribution in [3.05, 3.63) is 23.8 Å². The number of aliphatic carboxylic acids is 1. The van der Waals surface area contributed by atoms with Gasteiger partial charge in [-0.15, -0.1) is 0 Å². The number of carbonyl (C=O) groups is 3. The Hall–Kier alpha value is -2.57. The zero-order valence-electron chi connectivity index (χ0n) is 11.0. The molecule has 7 heteroatoms. The van der Waals surface area contributed by atoms with E-state index in [1.165, 1.54) is 0 Å². The van der Waals surface area contributed by atoms with E-state index in [9.17, 15) is 14.4 Å². The van der Waals surface area contributed by atoms with E-state index in [0.717, 1.165) is 5.69 Å². The second-order valence-corrected chi connectivity index (χ2v) is 4.53. The average Bonchev–Trinajstić information content (AvgIpc) is 2.55. The van der Waals surface area contributed by atoms with Crippen molar-refractivity contribution in [2.75, 3.05) is 30.4 Å². The summed E-state index contributed by atoms with van der Waals surface area (Å²) < 4.78 is 0. The second kappa shape index (κ2) is 5.60. The van der Waals surface area contributed by atoms with Crippen LogP contribution in [0.3, 0.4) is 0 Å². The van der Waals surface area contributed by atoms with Gasteiger partial charge in [0.1, 0.15) is 6.54 Å². The van der Waals surface area contributed by atoms with Crippen molar-refractivity contribution in [1.29, 1.82) is 0 Å². The van der Waals surface area contributed by atoms with Crippen LogP contribution in [0.1, 0.15) is 16.8 Å². The lowest BCUT2D eigenvalue weighted by atomic mass is 10.1. The zero-order valence-corrected chi connectivity index (χ0v) is 11.0. The highest BCUT2D eigenvalue weighted by Crippen LogP contribution is 2.28. The zero-order chi connectivity index (χ0) is 14.7. The smallest absolute Gasteiger partial charge is 0.322 e. The number of amides is 2. The maximum Gasteiger partial charge on any atom is 0.322 e. The van der Waals surface area contributed by atoms with Crippen molar-refractivity contribution in [2.24, 2.45) is 0 Å². The number of nitrogens with one attached hydrogen (secondary N) is 2. The molecule has 0 radical (unpaired) electrons. The Morgan fingerprint density at radius 1 is 1.45 bits per heavy atom. The van der Waals surface area contributed by atoms with E-state index in [4.69, 9.17) is 5.11 Å². The van der Waals surface area contributed by atoms with E-state index in [0.29, 0.717) is 24.2 Å². The Morgan fingerprint density at radius 2 is 2.20 bits per heavy atom. The molecule has 2 rings (SSSR count). The summed E-state index contributed by atoms with van der Waals surface area (Å²) >= 11 is 0. The fourth-order valence-corrected chi connectivity index (χ4v) is 1.97. The van der Waals surface area contributed by atoms with Gasteiger partial charge in [-0.3, -0.25) is 14.4 Å². The minimum absolute atomic E-state index is 0.112. The fraction of sp³-hybridized carbons (Fsp3) is 0.308. The number of carboxylic acid groups (broad SMARTS) is 1. The second-order valence-electron chi connectivity index (χ2n) is 4.53. The lowest BCUT2D eigenvalue weighted by Crippen LogP contribution is -2.29. The maximum absolute atomic E-state index is 11.8. The normalized spacial score (nSPS) is 14.1. The molecule has 1 aliphatic rings. The van der Waals surface area contributed by atoms with Gasteiger partial charge in [0.2, 0.25) is 5.91 Å². The molecule has 0 bridgehead atoms. The van der Waals surface area contributed by atoms with Crippen LogP contribution in [0.2, 0.25) is 0 Å². The Bertz CT molecular complexity index is 571. The molecule has 1 aromatic carbocycles. The molecule has 3 N–H and O–H groups in total. The molecule has 0 saturated heterocycles. The van der Waals surface area contributed by atoms with Crippen molar-refractivity contribution in [3.8, 4) is 0 Å². The molecule has 0 unspecified atom stereocenters. The van der Waals surface area contributed by atoms with Crippen LogP contribution in [0.15, 0.2) is 18.2 Å². The van der Waals surface area contributed by atoms with Gasteiger partial charge in [0.25, 0.3) is 5.91 Å². The molecule has 1 heterocycles. The maximum atomic E-state index is 11.8. The molecule has 0 fully saturated rings. The van der Waals surface area contributed by atoms with Crippen LogP contribution in [-0.4, -0.2) is 43.0 Å². The molecule has 0 spiro atoms. The van der Waals surface area contributed by atoms with E-state index >= 15 is 0 Å². The number of hydrogen-bond donors (Lipinski definition) is 3. The lowest BCUT2D eigenvalue weighted by Gasteiger charge is -2.18. The summed E-state index contributed by atoms with van der Waals surface area (Å²) in [6, 6.07) is 4.88. The standard InChI is InChI=1S/C13H15N3O4/c1-16-5-4-11(17)15-9-6-8(2-3-10(9)16)13(20)14-7-12(18)19/h2-3,6H,4-5,7H2,1H3,(H,14,20)(H,15,17)(H,18,19). The van der Waals surface area contributed by atoms with Crippen molar-refractivity contribution in [2.45, 2.75) is 6.42 Å². The number of anilines is 2. The predicted molar refractivity (Wildman–Crippen MR) is 72.9 cm³/mol. The minimum atomic E-state index is -1.11. The molecule has 1 aliphatic heterocycles. The number of fused-ring (bicyclic) bond motifs is 1. The number of benzene rings is 1. The molecule has 106 valence electrons. The Kier molecular flexibility index (Phi) is 3.88. The van der Waals surface area contributed by atoms with Crippen molar-refractivity contribution in [3.63, 3.8) is 0 Å². The van der Waals surface area contributed by atoms with E-state index in [2.05, 4.69) is 10.6 Å². The van der Waals surface area contributed by atoms with Gasteiger partial charge in [0.05, 0.1) is 11.4 Å². The topological polar surface area (TPSA) is 98.7 Å². The third-order valence-corrected chi connectivity index (χ3v) is 3.02. The fourth-order valence-electron chi connectivity index (χ4n) is 1.97. The van der Waals surface area contributed by atoms with Gasteiger partial charge >= 0.3 is 5.97 Å². The SMILES string of the molecule is CN1CCC(=O)Nc2cc(C(=O)NCC(=O)O)ccc21. The summed E-state index contributed by atoms with van der Waals surface area (Å²) in [4.78, 5) is 35.7. The molecule has 0 atom stereocenters. The first-order valence-electron chi connectivity index (χ1n) is 6.12. The average molecular weight is 277 g/mol. The summed E-state index contributed by atoms with van der Waals surface area (Å²) in [5.41, 5.74) is 1.68. The highest BCUT2D eigenvalue weighted by Gasteiger charge is 2.18. The van der Waals surface area contributed by atoms with Crippen LogP contribution >= 0.6 is 0 Å². The third-order valence-electron chi connectivity index (χ3n) is 3.02. The molecule has 7 nitrogen and oxygen atoms in total. The highest BCUT2D eigenvalue weighted by atomic mass is 16.4. The van der Waals surface area contributed by atoms with Gasteiger partial charge in [0, 0.05) is 25.6 Å². The summed E-state index contributed by atoms with van der Waals surface area (Å²) in [7, 11) is 1.86. The molecule has 1 aromatic rings. The van der Waals surface area contributed by atoms with Gasteiger partial charge in [-0.25, -0.2) is 0 Å². The third kappa shape index (κ3) is 3.05. The number of rotatable bonds is 3. The van der Waals surface area contributed by atoms with Crippen LogP contribution in [0.5, 0.6) is 0 Å². The molecular formula is C13H15N3O4. The van der Waals surface area contributed by atoms with E-state index in [1.54, 1.807) is 18.2 Å². The Balaban J connectivity index is 2.24. The molecule has 0 aliphatic carbocycles. The largest absolute Gasteiger partial charge is 0.480 e. The first-order valence-corrected chi connectivity index (χ1v) is 6.12. The summed E-state index contributed by atoms with van der Waals surface area (Å²) in [5, 5.41) is 13.5. The molecular weight excluding hydrogens is 262 g/mol. The van der Waals surface area contributed by atoms with Crippen LogP contribution in [0.4, 0.5) is 11.4 Å². The van der Waals surface area contributed by atoms with Crippen LogP contribution < -0.4 is 15.5 Å². The highest BCUT2D eigenvalue weighted by molar-refractivity contribution is 6.01. The summed E-state index contributed by atoms with van der Waals surface area (Å²) in [6.45, 7) is 0.158. The van der Waals surface area contributed by atoms with Crippen LogP contribution in [0, 0.1) is 0 Å². The van der Waals surface area contributed by atoms with Crippen molar-refractivity contribution >= 4 is 29.2 Å². The number of carbonyl (C=O) groups excluding carboxylic acids is 2. The van der Waals surface area contributed by atoms with Crippen LogP contribution in [-0.2, 0) is 9.59 Å². The van der Waals surface area contributed by atoms with Crippen molar-refractivity contribution < 1.29 is 19.5 Å². The number of nitrogens with zero attached hydrogens (tertiary/aromatic N) is 1. The van der Waals surface area contributed by atoms with Gasteiger partial charge < -0.3 is 20.6 Å². The molecule has 0 saturated carbocycles. The van der Waals surface area contributed by atoms with E-state index < -0.39 is 18.4 Å². The molecule has 2 amide bonds. The predicted octanol–water partition coefficient (Wildman–Crippen LogP) is 0.279. The quantitative estimate of drug-likeness (QED) is 0.737. The minimum Gasteiger partial charge on any atom is -0.480 e. The van der Waals surface area contributed by atoms with E-state index in [-0.39, 0.29) is 5.91 Å². The van der Waals surface area contributed by atoms with Gasteiger partial charge in [-0.05, 0) is 18.2 Å². The Morgan fingerprint density at radius 3 is 2.90 bits per heavy atom. The monoisotopic (exact) mass is 277 g/mol. The first-order chi connectivity index (χ1) is 9.47. The van der Waals surface area contributed by atoms with Crippen LogP contribution in [0.25, 0.3) is 0 Å². The van der Waals surface area contributed by atoms with Gasteiger partial charge in [-0.2, -0.15) is 0 Å². The van der Waals surface area contributed by atoms with Crippen molar-refractivity contribution in [1.82, 2.24) is 5.32 Å². The first kappa shape index (κ1) is 13.9.